The van der Waals surface area contributed by atoms with Crippen LogP contribution in [0, 0.1) is 6.92 Å². The van der Waals surface area contributed by atoms with Crippen molar-refractivity contribution >= 4 is 26.3 Å². The lowest BCUT2D eigenvalue weighted by molar-refractivity contribution is 0.564. The van der Waals surface area contributed by atoms with Crippen molar-refractivity contribution in [2.45, 2.75) is 24.8 Å². The van der Waals surface area contributed by atoms with Crippen molar-refractivity contribution in [2.75, 3.05) is 0 Å². The molecule has 3 rings (SSSR count). The van der Waals surface area contributed by atoms with Gasteiger partial charge in [-0.05, 0) is 26.0 Å². The van der Waals surface area contributed by atoms with Crippen LogP contribution in [0.5, 0.6) is 0 Å². The number of hydrogen-bond donors (Lipinski definition) is 1. The van der Waals surface area contributed by atoms with Crippen LogP contribution < -0.4 is 10.3 Å². The molecule has 10 heteroatoms. The van der Waals surface area contributed by atoms with Gasteiger partial charge in [-0.25, -0.2) is 13.1 Å². The maximum atomic E-state index is 12.3. The molecule has 1 aromatic carbocycles. The highest BCUT2D eigenvalue weighted by Crippen LogP contribution is 2.20. The average Bonchev–Trinajstić information content (AvgIpc) is 2.97. The van der Waals surface area contributed by atoms with E-state index in [-0.39, 0.29) is 16.1 Å². The van der Waals surface area contributed by atoms with E-state index in [4.69, 9.17) is 0 Å². The summed E-state index contributed by atoms with van der Waals surface area (Å²) in [5, 5.41) is 12.2. The third-order valence-electron chi connectivity index (χ3n) is 3.12. The normalized spacial score (nSPS) is 13.3. The molecule has 0 saturated carbocycles. The van der Waals surface area contributed by atoms with Crippen molar-refractivity contribution < 1.29 is 8.42 Å². The number of aryl methyl sites for hydroxylation is 1. The van der Waals surface area contributed by atoms with Crippen LogP contribution >= 0.6 is 11.3 Å². The summed E-state index contributed by atoms with van der Waals surface area (Å²) in [4.78, 5) is 12.4. The van der Waals surface area contributed by atoms with Crippen molar-refractivity contribution in [2.24, 2.45) is 0 Å². The number of fused-ring (bicyclic) bond motifs is 1. The van der Waals surface area contributed by atoms with Crippen LogP contribution in [0.3, 0.4) is 0 Å². The second kappa shape index (κ2) is 5.80. The summed E-state index contributed by atoms with van der Waals surface area (Å²) in [7, 11) is -3.67. The molecule has 23 heavy (non-hydrogen) atoms. The van der Waals surface area contributed by atoms with Gasteiger partial charge < -0.3 is 0 Å². The summed E-state index contributed by atoms with van der Waals surface area (Å²) >= 11 is 1.12. The van der Waals surface area contributed by atoms with E-state index in [1.54, 1.807) is 32.0 Å². The van der Waals surface area contributed by atoms with E-state index in [9.17, 15) is 13.2 Å². The Bertz CT molecular complexity index is 1010. The van der Waals surface area contributed by atoms with Crippen molar-refractivity contribution in [3.63, 3.8) is 0 Å². The van der Waals surface area contributed by atoms with Crippen molar-refractivity contribution in [3.05, 3.63) is 51.4 Å². The quantitative estimate of drug-likeness (QED) is 0.748. The molecular weight excluding hydrogens is 338 g/mol. The third kappa shape index (κ3) is 3.00. The topological polar surface area (TPSA) is 106 Å². The highest BCUT2D eigenvalue weighted by atomic mass is 32.2. The van der Waals surface area contributed by atoms with Crippen molar-refractivity contribution in [1.82, 2.24) is 24.5 Å². The zero-order valence-corrected chi connectivity index (χ0v) is 13.9. The molecule has 1 atom stereocenters. The first-order chi connectivity index (χ1) is 10.9. The minimum Gasteiger partial charge on any atom is -0.265 e. The zero-order chi connectivity index (χ0) is 16.6. The van der Waals surface area contributed by atoms with E-state index >= 15 is 0 Å². The highest BCUT2D eigenvalue weighted by Gasteiger charge is 2.21. The van der Waals surface area contributed by atoms with Crippen LogP contribution in [-0.2, 0) is 10.0 Å². The molecule has 2 aromatic heterocycles. The number of rotatable bonds is 4. The first kappa shape index (κ1) is 15.7. The molecule has 1 N–H and O–H groups in total. The Morgan fingerprint density at radius 2 is 1.91 bits per heavy atom. The molecule has 0 aliphatic rings. The van der Waals surface area contributed by atoms with Gasteiger partial charge in [0.15, 0.2) is 0 Å². The molecule has 120 valence electrons. The Morgan fingerprint density at radius 1 is 1.22 bits per heavy atom. The third-order valence-corrected chi connectivity index (χ3v) is 5.76. The lowest BCUT2D eigenvalue weighted by Crippen LogP contribution is -2.27. The molecule has 0 spiro atoms. The first-order valence-electron chi connectivity index (χ1n) is 6.69. The smallest absolute Gasteiger partial charge is 0.265 e. The number of hydrogen-bond acceptors (Lipinski definition) is 7. The largest absolute Gasteiger partial charge is 0.296 e. The maximum Gasteiger partial charge on any atom is 0.296 e. The van der Waals surface area contributed by atoms with Crippen LogP contribution in [0.1, 0.15) is 23.7 Å². The van der Waals surface area contributed by atoms with Gasteiger partial charge in [0, 0.05) is 0 Å². The standard InChI is InChI=1S/C13H13N5O3S2/c1-8(17-23(20,21)10-6-4-3-5-7-10)11-16-18-12(19)9(2)14-15-13(18)22-11/h3-8,17H,1-2H3. The lowest BCUT2D eigenvalue weighted by Gasteiger charge is -2.11. The van der Waals surface area contributed by atoms with Gasteiger partial charge in [0.2, 0.25) is 15.0 Å². The van der Waals surface area contributed by atoms with Crippen molar-refractivity contribution in [3.8, 4) is 0 Å². The number of benzene rings is 1. The molecule has 8 nitrogen and oxygen atoms in total. The van der Waals surface area contributed by atoms with E-state index in [0.717, 1.165) is 15.9 Å². The van der Waals surface area contributed by atoms with E-state index in [1.165, 1.54) is 12.1 Å². The van der Waals surface area contributed by atoms with E-state index in [0.29, 0.717) is 9.97 Å². The van der Waals surface area contributed by atoms with Gasteiger partial charge in [-0.3, -0.25) is 4.79 Å². The second-order valence-electron chi connectivity index (χ2n) is 4.88. The molecule has 0 amide bonds. The predicted molar refractivity (Wildman–Crippen MR) is 84.8 cm³/mol. The number of nitrogens with zero attached hydrogens (tertiary/aromatic N) is 4. The summed E-state index contributed by atoms with van der Waals surface area (Å²) < 4.78 is 28.3. The molecule has 2 heterocycles. The van der Waals surface area contributed by atoms with Gasteiger partial charge in [0.25, 0.3) is 5.56 Å². The van der Waals surface area contributed by atoms with Gasteiger partial charge >= 0.3 is 0 Å². The number of aromatic nitrogens is 4. The Hall–Kier alpha value is -2.17. The van der Waals surface area contributed by atoms with Gasteiger partial charge in [-0.1, -0.05) is 29.5 Å². The van der Waals surface area contributed by atoms with E-state index < -0.39 is 16.1 Å². The fourth-order valence-electron chi connectivity index (χ4n) is 1.93. The maximum absolute atomic E-state index is 12.3. The molecule has 1 unspecified atom stereocenters. The zero-order valence-electron chi connectivity index (χ0n) is 12.3. The van der Waals surface area contributed by atoms with E-state index in [2.05, 4.69) is 20.0 Å². The van der Waals surface area contributed by atoms with Crippen LogP contribution in [0.2, 0.25) is 0 Å². The fourth-order valence-corrected chi connectivity index (χ4v) is 4.07. The molecule has 0 fully saturated rings. The summed E-state index contributed by atoms with van der Waals surface area (Å²) in [6.45, 7) is 3.20. The summed E-state index contributed by atoms with van der Waals surface area (Å²) in [5.74, 6) is 0. The van der Waals surface area contributed by atoms with Crippen LogP contribution in [-0.4, -0.2) is 28.2 Å². The van der Waals surface area contributed by atoms with Crippen LogP contribution in [0.25, 0.3) is 4.96 Å². The summed E-state index contributed by atoms with van der Waals surface area (Å²) in [6.07, 6.45) is 0. The molecule has 0 radical (unpaired) electrons. The molecule has 0 bridgehead atoms. The molecule has 0 aliphatic heterocycles. The SMILES string of the molecule is Cc1nnc2sc(C(C)NS(=O)(=O)c3ccccc3)nn2c1=O. The van der Waals surface area contributed by atoms with Crippen molar-refractivity contribution in [1.29, 1.82) is 0 Å². The molecular formula is C13H13N5O3S2. The van der Waals surface area contributed by atoms with E-state index in [1.807, 2.05) is 0 Å². The van der Waals surface area contributed by atoms with Gasteiger partial charge in [0.1, 0.15) is 10.7 Å². The Labute approximate surface area is 135 Å². The first-order valence-corrected chi connectivity index (χ1v) is 8.99. The summed E-state index contributed by atoms with van der Waals surface area (Å²) in [5.41, 5.74) is -0.132. The van der Waals surface area contributed by atoms with Gasteiger partial charge in [-0.2, -0.15) is 9.61 Å². The molecule has 0 saturated heterocycles. The minimum atomic E-state index is -3.67. The monoisotopic (exact) mass is 351 g/mol. The fraction of sp³-hybridized carbons (Fsp3) is 0.231. The van der Waals surface area contributed by atoms with Gasteiger partial charge in [-0.15, -0.1) is 10.2 Å². The predicted octanol–water partition coefficient (Wildman–Crippen LogP) is 0.894. The number of nitrogens with one attached hydrogen (secondary N) is 1. The van der Waals surface area contributed by atoms with Gasteiger partial charge in [0.05, 0.1) is 10.9 Å². The molecule has 3 aromatic rings. The average molecular weight is 351 g/mol. The molecule has 0 aliphatic carbocycles. The van der Waals surface area contributed by atoms with Crippen LogP contribution in [0.15, 0.2) is 40.0 Å². The van der Waals surface area contributed by atoms with Crippen LogP contribution in [0.4, 0.5) is 0 Å². The summed E-state index contributed by atoms with van der Waals surface area (Å²) in [6, 6.07) is 7.44. The Morgan fingerprint density at radius 3 is 2.61 bits per heavy atom. The lowest BCUT2D eigenvalue weighted by atomic mass is 10.4. The highest BCUT2D eigenvalue weighted by molar-refractivity contribution is 7.89. The minimum absolute atomic E-state index is 0.167. The number of sulfonamides is 1. The Balaban J connectivity index is 1.94. The Kier molecular flexibility index (Phi) is 3.96. The second-order valence-corrected chi connectivity index (χ2v) is 7.58.